The average Bonchev–Trinajstić information content (AvgIpc) is 2.39. The number of primary amides is 1. The summed E-state index contributed by atoms with van der Waals surface area (Å²) in [5.74, 6) is -1.62. The average molecular weight is 241 g/mol. The van der Waals surface area contributed by atoms with Crippen LogP contribution in [-0.4, -0.2) is 17.0 Å². The van der Waals surface area contributed by atoms with Crippen LogP contribution in [0.5, 0.6) is 0 Å². The lowest BCUT2D eigenvalue weighted by Gasteiger charge is -2.07. The van der Waals surface area contributed by atoms with Gasteiger partial charge in [-0.1, -0.05) is 30.3 Å². The van der Waals surface area contributed by atoms with E-state index in [0.29, 0.717) is 11.1 Å². The van der Waals surface area contributed by atoms with E-state index in [0.717, 1.165) is 5.56 Å². The molecule has 4 nitrogen and oxygen atoms in total. The molecule has 0 unspecified atom stereocenters. The van der Waals surface area contributed by atoms with E-state index in [1.54, 1.807) is 24.3 Å². The Morgan fingerprint density at radius 3 is 2.22 bits per heavy atom. The Kier molecular flexibility index (Phi) is 3.10. The molecule has 0 aliphatic heterocycles. The van der Waals surface area contributed by atoms with E-state index in [-0.39, 0.29) is 5.56 Å². The summed E-state index contributed by atoms with van der Waals surface area (Å²) in [5.41, 5.74) is 6.86. The molecule has 0 spiro atoms. The molecule has 90 valence electrons. The van der Waals surface area contributed by atoms with Gasteiger partial charge in [-0.25, -0.2) is 4.79 Å². The molecule has 0 saturated heterocycles. The van der Waals surface area contributed by atoms with Crippen molar-refractivity contribution in [2.75, 3.05) is 0 Å². The van der Waals surface area contributed by atoms with E-state index >= 15 is 0 Å². The van der Waals surface area contributed by atoms with Gasteiger partial charge in [0.25, 0.3) is 0 Å². The number of nitrogens with two attached hydrogens (primary N) is 1. The molecule has 0 saturated carbocycles. The van der Waals surface area contributed by atoms with Gasteiger partial charge < -0.3 is 10.8 Å². The van der Waals surface area contributed by atoms with Crippen molar-refractivity contribution in [2.24, 2.45) is 5.73 Å². The molecule has 4 heteroatoms. The highest BCUT2D eigenvalue weighted by Crippen LogP contribution is 2.25. The number of aromatic carboxylic acids is 1. The first kappa shape index (κ1) is 11.9. The zero-order chi connectivity index (χ0) is 13.1. The van der Waals surface area contributed by atoms with E-state index in [9.17, 15) is 9.59 Å². The molecule has 2 rings (SSSR count). The standard InChI is InChI=1S/C14H11NO3/c15-13(16)10-6-7-11(14(17)18)12(8-10)9-4-2-1-3-5-9/h1-8H,(H2,15,16)(H,17,18). The number of carbonyl (C=O) groups excluding carboxylic acids is 1. The van der Waals surface area contributed by atoms with E-state index in [1.807, 2.05) is 6.07 Å². The van der Waals surface area contributed by atoms with Gasteiger partial charge in [-0.05, 0) is 29.3 Å². The molecule has 3 N–H and O–H groups in total. The highest BCUT2D eigenvalue weighted by molar-refractivity contribution is 6.00. The lowest BCUT2D eigenvalue weighted by molar-refractivity contribution is 0.0697. The second-order valence-electron chi connectivity index (χ2n) is 3.80. The largest absolute Gasteiger partial charge is 0.478 e. The molecule has 18 heavy (non-hydrogen) atoms. The topological polar surface area (TPSA) is 80.4 Å². The van der Waals surface area contributed by atoms with Gasteiger partial charge in [-0.3, -0.25) is 4.79 Å². The minimum Gasteiger partial charge on any atom is -0.478 e. The molecule has 0 heterocycles. The van der Waals surface area contributed by atoms with Crippen molar-refractivity contribution in [3.63, 3.8) is 0 Å². The van der Waals surface area contributed by atoms with Gasteiger partial charge in [0, 0.05) is 5.56 Å². The van der Waals surface area contributed by atoms with Crippen molar-refractivity contribution in [3.05, 3.63) is 59.7 Å². The first-order valence-electron chi connectivity index (χ1n) is 5.32. The number of benzene rings is 2. The lowest BCUT2D eigenvalue weighted by Crippen LogP contribution is -2.12. The molecule has 0 bridgehead atoms. The summed E-state index contributed by atoms with van der Waals surface area (Å²) in [6, 6.07) is 13.3. The van der Waals surface area contributed by atoms with Crippen LogP contribution in [0.25, 0.3) is 11.1 Å². The van der Waals surface area contributed by atoms with Gasteiger partial charge in [0.05, 0.1) is 5.56 Å². The molecule has 0 aliphatic rings. The van der Waals surface area contributed by atoms with Gasteiger partial charge in [0.15, 0.2) is 0 Å². The Balaban J connectivity index is 2.65. The Morgan fingerprint density at radius 2 is 1.67 bits per heavy atom. The monoisotopic (exact) mass is 241 g/mol. The fraction of sp³-hybridized carbons (Fsp3) is 0. The molecule has 2 aromatic rings. The molecule has 0 aromatic heterocycles. The van der Waals surface area contributed by atoms with Crippen LogP contribution in [0.1, 0.15) is 20.7 Å². The smallest absolute Gasteiger partial charge is 0.336 e. The number of rotatable bonds is 3. The van der Waals surface area contributed by atoms with Crippen molar-refractivity contribution in [2.45, 2.75) is 0 Å². The van der Waals surface area contributed by atoms with Crippen LogP contribution in [0.2, 0.25) is 0 Å². The second kappa shape index (κ2) is 4.71. The predicted octanol–water partition coefficient (Wildman–Crippen LogP) is 2.15. The van der Waals surface area contributed by atoms with Gasteiger partial charge in [-0.2, -0.15) is 0 Å². The third-order valence-corrected chi connectivity index (χ3v) is 2.62. The van der Waals surface area contributed by atoms with E-state index in [1.165, 1.54) is 18.2 Å². The third-order valence-electron chi connectivity index (χ3n) is 2.62. The Bertz CT molecular complexity index is 606. The molecular formula is C14H11NO3. The summed E-state index contributed by atoms with van der Waals surface area (Å²) in [5, 5.41) is 9.14. The summed E-state index contributed by atoms with van der Waals surface area (Å²) < 4.78 is 0. The lowest BCUT2D eigenvalue weighted by atomic mass is 9.97. The van der Waals surface area contributed by atoms with Crippen LogP contribution < -0.4 is 5.73 Å². The first-order chi connectivity index (χ1) is 8.59. The molecule has 1 amide bonds. The van der Waals surface area contributed by atoms with Crippen LogP contribution in [0.3, 0.4) is 0 Å². The summed E-state index contributed by atoms with van der Waals surface area (Å²) in [6.45, 7) is 0. The Hall–Kier alpha value is -2.62. The highest BCUT2D eigenvalue weighted by Gasteiger charge is 2.13. The summed E-state index contributed by atoms with van der Waals surface area (Å²) >= 11 is 0. The van der Waals surface area contributed by atoms with Gasteiger partial charge in [0.1, 0.15) is 0 Å². The van der Waals surface area contributed by atoms with E-state index in [2.05, 4.69) is 0 Å². The number of carboxylic acid groups (broad SMARTS) is 1. The van der Waals surface area contributed by atoms with Crippen LogP contribution in [0, 0.1) is 0 Å². The quantitative estimate of drug-likeness (QED) is 0.863. The zero-order valence-corrected chi connectivity index (χ0v) is 9.46. The number of hydrogen-bond acceptors (Lipinski definition) is 2. The first-order valence-corrected chi connectivity index (χ1v) is 5.32. The highest BCUT2D eigenvalue weighted by atomic mass is 16.4. The normalized spacial score (nSPS) is 10.0. The molecule has 0 radical (unpaired) electrons. The number of hydrogen-bond donors (Lipinski definition) is 2. The molecule has 0 atom stereocenters. The molecular weight excluding hydrogens is 230 g/mol. The molecule has 2 aromatic carbocycles. The minimum absolute atomic E-state index is 0.145. The van der Waals surface area contributed by atoms with Gasteiger partial charge >= 0.3 is 5.97 Å². The van der Waals surface area contributed by atoms with E-state index in [4.69, 9.17) is 10.8 Å². The van der Waals surface area contributed by atoms with Crippen molar-refractivity contribution in [1.82, 2.24) is 0 Å². The number of carbonyl (C=O) groups is 2. The van der Waals surface area contributed by atoms with Crippen LogP contribution in [-0.2, 0) is 0 Å². The maximum atomic E-state index is 11.2. The SMILES string of the molecule is NC(=O)c1ccc(C(=O)O)c(-c2ccccc2)c1. The number of carboxylic acids is 1. The minimum atomic E-state index is -1.04. The van der Waals surface area contributed by atoms with Crippen LogP contribution in [0.15, 0.2) is 48.5 Å². The fourth-order valence-corrected chi connectivity index (χ4v) is 1.74. The molecule has 0 fully saturated rings. The maximum absolute atomic E-state index is 11.2. The maximum Gasteiger partial charge on any atom is 0.336 e. The zero-order valence-electron chi connectivity index (χ0n) is 9.46. The predicted molar refractivity (Wildman–Crippen MR) is 67.4 cm³/mol. The summed E-state index contributed by atoms with van der Waals surface area (Å²) in [6.07, 6.45) is 0. The van der Waals surface area contributed by atoms with Crippen molar-refractivity contribution >= 4 is 11.9 Å². The number of amides is 1. The van der Waals surface area contributed by atoms with Crippen molar-refractivity contribution in [3.8, 4) is 11.1 Å². The van der Waals surface area contributed by atoms with Gasteiger partial charge in [-0.15, -0.1) is 0 Å². The van der Waals surface area contributed by atoms with Crippen molar-refractivity contribution < 1.29 is 14.7 Å². The Labute approximate surface area is 104 Å². The Morgan fingerprint density at radius 1 is 1.00 bits per heavy atom. The van der Waals surface area contributed by atoms with Crippen LogP contribution >= 0.6 is 0 Å². The second-order valence-corrected chi connectivity index (χ2v) is 3.80. The van der Waals surface area contributed by atoms with Crippen molar-refractivity contribution in [1.29, 1.82) is 0 Å². The van der Waals surface area contributed by atoms with Gasteiger partial charge in [0.2, 0.25) is 5.91 Å². The summed E-state index contributed by atoms with van der Waals surface area (Å²) in [7, 11) is 0. The fourth-order valence-electron chi connectivity index (χ4n) is 1.74. The van der Waals surface area contributed by atoms with Crippen LogP contribution in [0.4, 0.5) is 0 Å². The third kappa shape index (κ3) is 2.22. The molecule has 0 aliphatic carbocycles. The van der Waals surface area contributed by atoms with E-state index < -0.39 is 11.9 Å². The summed E-state index contributed by atoms with van der Waals surface area (Å²) in [4.78, 5) is 22.3.